The van der Waals surface area contributed by atoms with Crippen molar-refractivity contribution in [1.82, 2.24) is 14.9 Å². The molecule has 2 rings (SSSR count). The molecule has 0 radical (unpaired) electrons. The van der Waals surface area contributed by atoms with Crippen LogP contribution in [-0.4, -0.2) is 39.9 Å². The topological polar surface area (TPSA) is 103 Å². The quantitative estimate of drug-likeness (QED) is 0.781. The van der Waals surface area contributed by atoms with Gasteiger partial charge < -0.3 is 14.2 Å². The van der Waals surface area contributed by atoms with Crippen LogP contribution in [0.15, 0.2) is 17.0 Å². The second-order valence-electron chi connectivity index (χ2n) is 5.12. The molecule has 0 bridgehead atoms. The molecule has 0 saturated carbocycles. The van der Waals surface area contributed by atoms with Gasteiger partial charge in [-0.3, -0.25) is 5.10 Å². The van der Waals surface area contributed by atoms with Crippen molar-refractivity contribution in [2.45, 2.75) is 25.3 Å². The summed E-state index contributed by atoms with van der Waals surface area (Å²) in [5.74, 6) is 1.37. The van der Waals surface area contributed by atoms with Gasteiger partial charge in [0.1, 0.15) is 4.90 Å². The van der Waals surface area contributed by atoms with E-state index in [-0.39, 0.29) is 11.4 Å². The van der Waals surface area contributed by atoms with Crippen molar-refractivity contribution in [1.29, 1.82) is 0 Å². The third-order valence-corrected chi connectivity index (χ3v) is 5.18. The second-order valence-corrected chi connectivity index (χ2v) is 6.83. The van der Waals surface area contributed by atoms with Gasteiger partial charge in [-0.15, -0.1) is 0 Å². The molecule has 0 unspecified atom stereocenters. The van der Waals surface area contributed by atoms with Gasteiger partial charge in [0.25, 0.3) is 0 Å². The molecule has 0 spiro atoms. The molecule has 0 fully saturated rings. The fraction of sp³-hybridized carbons (Fsp3) is 0.400. The van der Waals surface area contributed by atoms with Crippen LogP contribution in [0, 0.1) is 13.8 Å². The number of hydrogen-bond donors (Lipinski definition) is 2. The Hall–Kier alpha value is -2.26. The Morgan fingerprint density at radius 2 is 1.67 bits per heavy atom. The lowest BCUT2D eigenvalue weighted by Gasteiger charge is -2.14. The van der Waals surface area contributed by atoms with Gasteiger partial charge in [0.2, 0.25) is 15.8 Å². The smallest absolute Gasteiger partial charge is 0.244 e. The lowest BCUT2D eigenvalue weighted by Crippen LogP contribution is -2.24. The van der Waals surface area contributed by atoms with Crippen LogP contribution in [0.3, 0.4) is 0 Å². The van der Waals surface area contributed by atoms with E-state index >= 15 is 0 Å². The summed E-state index contributed by atoms with van der Waals surface area (Å²) in [6.45, 7) is 3.37. The van der Waals surface area contributed by atoms with E-state index in [9.17, 15) is 8.42 Å². The number of aromatic amines is 1. The van der Waals surface area contributed by atoms with Crippen LogP contribution in [0.4, 0.5) is 0 Å². The molecule has 2 aromatic rings. The molecule has 2 N–H and O–H groups in total. The standard InChI is InChI=1S/C15H21N3O5S/c1-9-15(10(2)18-17-9)24(19,20)16-8-11-6-12(21-3)14(23-5)13(7-11)22-4/h6-7,16H,8H2,1-5H3,(H,17,18). The minimum absolute atomic E-state index is 0.0725. The fourth-order valence-corrected chi connectivity index (χ4v) is 3.81. The summed E-state index contributed by atoms with van der Waals surface area (Å²) in [4.78, 5) is 0.162. The van der Waals surface area contributed by atoms with Gasteiger partial charge in [-0.1, -0.05) is 0 Å². The molecule has 132 valence electrons. The average molecular weight is 355 g/mol. The zero-order valence-electron chi connectivity index (χ0n) is 14.3. The number of aromatic nitrogens is 2. The predicted octanol–water partition coefficient (Wildman–Crippen LogP) is 1.53. The number of rotatable bonds is 7. The Bertz CT molecular complexity index is 785. The Morgan fingerprint density at radius 1 is 1.08 bits per heavy atom. The first-order valence-electron chi connectivity index (χ1n) is 7.14. The second kappa shape index (κ2) is 7.10. The molecular formula is C15H21N3O5S. The molecule has 0 aliphatic rings. The third-order valence-electron chi connectivity index (χ3n) is 3.52. The molecule has 1 aromatic carbocycles. The summed E-state index contributed by atoms with van der Waals surface area (Å²) in [5.41, 5.74) is 1.58. The Morgan fingerprint density at radius 3 is 2.08 bits per heavy atom. The fourth-order valence-electron chi connectivity index (χ4n) is 2.42. The largest absolute Gasteiger partial charge is 0.493 e. The zero-order chi connectivity index (χ0) is 17.9. The van der Waals surface area contributed by atoms with E-state index < -0.39 is 10.0 Å². The maximum Gasteiger partial charge on any atom is 0.244 e. The summed E-state index contributed by atoms with van der Waals surface area (Å²) in [7, 11) is 0.826. The molecule has 9 heteroatoms. The Balaban J connectivity index is 2.29. The summed E-state index contributed by atoms with van der Waals surface area (Å²) in [5, 5.41) is 6.58. The highest BCUT2D eigenvalue weighted by atomic mass is 32.2. The van der Waals surface area contributed by atoms with Gasteiger partial charge in [-0.2, -0.15) is 5.10 Å². The number of ether oxygens (including phenoxy) is 3. The van der Waals surface area contributed by atoms with E-state index in [0.29, 0.717) is 34.2 Å². The van der Waals surface area contributed by atoms with Crippen LogP contribution in [0.2, 0.25) is 0 Å². The zero-order valence-corrected chi connectivity index (χ0v) is 15.1. The van der Waals surface area contributed by atoms with Gasteiger partial charge in [-0.25, -0.2) is 13.1 Å². The highest BCUT2D eigenvalue weighted by molar-refractivity contribution is 7.89. The van der Waals surface area contributed by atoms with E-state index in [0.717, 1.165) is 0 Å². The first-order valence-corrected chi connectivity index (χ1v) is 8.62. The van der Waals surface area contributed by atoms with Crippen LogP contribution < -0.4 is 18.9 Å². The highest BCUT2D eigenvalue weighted by Gasteiger charge is 2.22. The van der Waals surface area contributed by atoms with Crippen molar-refractivity contribution < 1.29 is 22.6 Å². The average Bonchev–Trinajstić information content (AvgIpc) is 2.91. The molecule has 0 aliphatic carbocycles. The minimum atomic E-state index is -3.69. The van der Waals surface area contributed by atoms with Gasteiger partial charge in [0.15, 0.2) is 11.5 Å². The minimum Gasteiger partial charge on any atom is -0.493 e. The van der Waals surface area contributed by atoms with Gasteiger partial charge >= 0.3 is 0 Å². The SMILES string of the molecule is COc1cc(CNS(=O)(=O)c2c(C)n[nH]c2C)cc(OC)c1OC. The van der Waals surface area contributed by atoms with Crippen molar-refractivity contribution in [3.8, 4) is 17.2 Å². The molecule has 1 heterocycles. The molecular weight excluding hydrogens is 334 g/mol. The number of aryl methyl sites for hydroxylation is 2. The molecule has 24 heavy (non-hydrogen) atoms. The number of benzene rings is 1. The maximum absolute atomic E-state index is 12.5. The van der Waals surface area contributed by atoms with Gasteiger partial charge in [0, 0.05) is 6.54 Å². The van der Waals surface area contributed by atoms with Crippen LogP contribution in [-0.2, 0) is 16.6 Å². The number of nitrogens with zero attached hydrogens (tertiary/aromatic N) is 1. The normalized spacial score (nSPS) is 11.4. The summed E-state index contributed by atoms with van der Waals surface area (Å²) >= 11 is 0. The summed E-state index contributed by atoms with van der Waals surface area (Å²) in [6.07, 6.45) is 0. The molecule has 0 aliphatic heterocycles. The lowest BCUT2D eigenvalue weighted by molar-refractivity contribution is 0.323. The molecule has 1 aromatic heterocycles. The highest BCUT2D eigenvalue weighted by Crippen LogP contribution is 2.38. The van der Waals surface area contributed by atoms with Crippen molar-refractivity contribution in [3.05, 3.63) is 29.1 Å². The van der Waals surface area contributed by atoms with Crippen molar-refractivity contribution in [2.75, 3.05) is 21.3 Å². The third kappa shape index (κ3) is 3.46. The molecule has 0 atom stereocenters. The monoisotopic (exact) mass is 355 g/mol. The van der Waals surface area contributed by atoms with E-state index in [2.05, 4.69) is 14.9 Å². The number of nitrogens with one attached hydrogen (secondary N) is 2. The van der Waals surface area contributed by atoms with E-state index in [1.807, 2.05) is 0 Å². The number of hydrogen-bond acceptors (Lipinski definition) is 6. The van der Waals surface area contributed by atoms with E-state index in [1.54, 1.807) is 26.0 Å². The maximum atomic E-state index is 12.5. The Labute approximate surface area is 141 Å². The molecule has 8 nitrogen and oxygen atoms in total. The van der Waals surface area contributed by atoms with E-state index in [1.165, 1.54) is 21.3 Å². The lowest BCUT2D eigenvalue weighted by atomic mass is 10.2. The van der Waals surface area contributed by atoms with Crippen LogP contribution in [0.5, 0.6) is 17.2 Å². The van der Waals surface area contributed by atoms with Gasteiger partial charge in [-0.05, 0) is 31.5 Å². The van der Waals surface area contributed by atoms with E-state index in [4.69, 9.17) is 14.2 Å². The van der Waals surface area contributed by atoms with Gasteiger partial charge in [0.05, 0.1) is 32.7 Å². The molecule has 0 saturated heterocycles. The van der Waals surface area contributed by atoms with Crippen molar-refractivity contribution in [2.24, 2.45) is 0 Å². The summed E-state index contributed by atoms with van der Waals surface area (Å²) in [6, 6.07) is 3.39. The Kier molecular flexibility index (Phi) is 5.35. The summed E-state index contributed by atoms with van der Waals surface area (Å²) < 4.78 is 43.3. The predicted molar refractivity (Wildman–Crippen MR) is 88.2 cm³/mol. The first-order chi connectivity index (χ1) is 11.3. The van der Waals surface area contributed by atoms with Crippen LogP contribution in [0.1, 0.15) is 17.0 Å². The van der Waals surface area contributed by atoms with Crippen LogP contribution >= 0.6 is 0 Å². The van der Waals surface area contributed by atoms with Crippen molar-refractivity contribution in [3.63, 3.8) is 0 Å². The molecule has 0 amide bonds. The first kappa shape index (κ1) is 18.1. The number of sulfonamides is 1. The number of methoxy groups -OCH3 is 3. The van der Waals surface area contributed by atoms with Crippen LogP contribution in [0.25, 0.3) is 0 Å². The number of H-pyrrole nitrogens is 1. The van der Waals surface area contributed by atoms with Crippen molar-refractivity contribution >= 4 is 10.0 Å².